The Kier molecular flexibility index (Phi) is 5.31. The van der Waals surface area contributed by atoms with E-state index in [9.17, 15) is 18.0 Å². The number of nitrogens with one attached hydrogen (secondary N) is 1. The van der Waals surface area contributed by atoms with Crippen LogP contribution in [0.15, 0.2) is 29.9 Å². The lowest BCUT2D eigenvalue weighted by atomic mass is 10.1. The molecule has 2 aromatic heterocycles. The number of aromatic nitrogens is 2. The number of carbonyl (C=O) groups is 1. The normalized spacial score (nSPS) is 11.6. The predicted molar refractivity (Wildman–Crippen MR) is 96.2 cm³/mol. The number of benzene rings is 1. The Morgan fingerprint density at radius 2 is 2.08 bits per heavy atom. The molecule has 0 atom stereocenters. The second kappa shape index (κ2) is 7.34. The maximum Gasteiger partial charge on any atom is 0.416 e. The summed E-state index contributed by atoms with van der Waals surface area (Å²) in [6.07, 6.45) is -2.73. The van der Waals surface area contributed by atoms with Crippen molar-refractivity contribution in [2.45, 2.75) is 19.5 Å². The van der Waals surface area contributed by atoms with E-state index in [2.05, 4.69) is 15.3 Å². The summed E-state index contributed by atoms with van der Waals surface area (Å²) in [5, 5.41) is 3.28. The molecular weight excluding hydrogens is 407 g/mol. The molecule has 0 saturated heterocycles. The van der Waals surface area contributed by atoms with E-state index in [1.807, 2.05) is 0 Å². The summed E-state index contributed by atoms with van der Waals surface area (Å²) in [5.74, 6) is -0.317. The highest BCUT2D eigenvalue weighted by molar-refractivity contribution is 7.16. The lowest BCUT2D eigenvalue weighted by molar-refractivity contribution is -0.137. The fourth-order valence-electron chi connectivity index (χ4n) is 2.19. The fraction of sp³-hybridized carbons (Fsp3) is 0.188. The first-order valence-corrected chi connectivity index (χ1v) is 9.33. The average molecular weight is 418 g/mol. The summed E-state index contributed by atoms with van der Waals surface area (Å²) in [7, 11) is 0. The monoisotopic (exact) mass is 417 g/mol. The van der Waals surface area contributed by atoms with Crippen LogP contribution in [0.3, 0.4) is 0 Å². The highest BCUT2D eigenvalue weighted by atomic mass is 35.5. The topological polar surface area (TPSA) is 54.9 Å². The van der Waals surface area contributed by atoms with Crippen LogP contribution in [-0.4, -0.2) is 15.9 Å². The highest BCUT2D eigenvalue weighted by Gasteiger charge is 2.31. The minimum atomic E-state index is -4.43. The molecule has 4 nitrogen and oxygen atoms in total. The Morgan fingerprint density at radius 1 is 1.31 bits per heavy atom. The average Bonchev–Trinajstić information content (AvgIpc) is 3.17. The number of anilines is 1. The molecule has 1 N–H and O–H groups in total. The third-order valence-electron chi connectivity index (χ3n) is 3.46. The van der Waals surface area contributed by atoms with Gasteiger partial charge in [0.15, 0.2) is 5.13 Å². The van der Waals surface area contributed by atoms with E-state index in [1.165, 1.54) is 34.9 Å². The first-order valence-electron chi connectivity index (χ1n) is 7.26. The zero-order valence-electron chi connectivity index (χ0n) is 13.2. The first-order chi connectivity index (χ1) is 12.2. The van der Waals surface area contributed by atoms with Crippen molar-refractivity contribution in [2.24, 2.45) is 0 Å². The number of halogens is 4. The Morgan fingerprint density at radius 3 is 2.73 bits per heavy atom. The Bertz CT molecular complexity index is 952. The first kappa shape index (κ1) is 18.8. The van der Waals surface area contributed by atoms with Crippen molar-refractivity contribution in [1.82, 2.24) is 9.97 Å². The van der Waals surface area contributed by atoms with E-state index in [1.54, 1.807) is 12.4 Å². The van der Waals surface area contributed by atoms with Crippen molar-refractivity contribution >= 4 is 45.3 Å². The van der Waals surface area contributed by atoms with Crippen LogP contribution in [0, 0.1) is 6.92 Å². The maximum atomic E-state index is 12.8. The molecule has 3 aromatic rings. The van der Waals surface area contributed by atoms with Crippen molar-refractivity contribution in [3.8, 4) is 0 Å². The van der Waals surface area contributed by atoms with E-state index in [-0.39, 0.29) is 17.4 Å². The van der Waals surface area contributed by atoms with Crippen molar-refractivity contribution in [2.75, 3.05) is 5.32 Å². The van der Waals surface area contributed by atoms with Crippen molar-refractivity contribution in [1.29, 1.82) is 0 Å². The molecule has 0 spiro atoms. The molecule has 0 aliphatic carbocycles. The molecule has 0 saturated carbocycles. The van der Waals surface area contributed by atoms with Crippen LogP contribution in [0.1, 0.15) is 31.4 Å². The van der Waals surface area contributed by atoms with Crippen molar-refractivity contribution in [3.63, 3.8) is 0 Å². The van der Waals surface area contributed by atoms with E-state index in [4.69, 9.17) is 11.6 Å². The predicted octanol–water partition coefficient (Wildman–Crippen LogP) is 5.42. The number of nitrogens with zero attached hydrogens (tertiary/aromatic N) is 2. The van der Waals surface area contributed by atoms with Gasteiger partial charge in [0.05, 0.1) is 16.8 Å². The standard InChI is InChI=1S/C16H11ClF3N3OS2/c1-8-13(25-7-22-8)14(24)23-15-21-6-11(26-15)5-9-4-10(16(18,19)20)2-3-12(9)17/h2-4,6-7H,5H2,1H3,(H,21,23,24). The van der Waals surface area contributed by atoms with Gasteiger partial charge in [0, 0.05) is 22.5 Å². The lowest BCUT2D eigenvalue weighted by Gasteiger charge is -2.09. The van der Waals surface area contributed by atoms with Crippen LogP contribution in [0.2, 0.25) is 5.02 Å². The Balaban J connectivity index is 1.75. The summed E-state index contributed by atoms with van der Waals surface area (Å²) in [5.41, 5.74) is 1.80. The molecule has 0 fully saturated rings. The molecule has 1 amide bonds. The molecule has 0 aliphatic rings. The van der Waals surface area contributed by atoms with Gasteiger partial charge in [0.1, 0.15) is 4.88 Å². The van der Waals surface area contributed by atoms with E-state index >= 15 is 0 Å². The Hall–Kier alpha value is -1.97. The van der Waals surface area contributed by atoms with Crippen LogP contribution in [0.5, 0.6) is 0 Å². The van der Waals surface area contributed by atoms with Gasteiger partial charge in [0.2, 0.25) is 0 Å². The van der Waals surface area contributed by atoms with Crippen LogP contribution in [0.4, 0.5) is 18.3 Å². The smallest absolute Gasteiger partial charge is 0.297 e. The maximum absolute atomic E-state index is 12.8. The van der Waals surface area contributed by atoms with Crippen LogP contribution < -0.4 is 5.32 Å². The second-order valence-corrected chi connectivity index (χ2v) is 7.71. The molecule has 0 aliphatic heterocycles. The molecule has 2 heterocycles. The van der Waals surface area contributed by atoms with E-state index < -0.39 is 11.7 Å². The fourth-order valence-corrected chi connectivity index (χ4v) is 3.91. The zero-order chi connectivity index (χ0) is 18.9. The quantitative estimate of drug-likeness (QED) is 0.616. The number of carbonyl (C=O) groups excluding carboxylic acids is 1. The third-order valence-corrected chi connectivity index (χ3v) is 5.67. The number of hydrogen-bond donors (Lipinski definition) is 1. The number of rotatable bonds is 4. The molecule has 0 radical (unpaired) electrons. The van der Waals surface area contributed by atoms with Gasteiger partial charge in [-0.2, -0.15) is 13.2 Å². The number of thiazole rings is 2. The molecule has 0 bridgehead atoms. The molecule has 10 heteroatoms. The minimum Gasteiger partial charge on any atom is -0.297 e. The third kappa shape index (κ3) is 4.22. The van der Waals surface area contributed by atoms with Crippen LogP contribution >= 0.6 is 34.3 Å². The molecule has 136 valence electrons. The van der Waals surface area contributed by atoms with Crippen molar-refractivity contribution < 1.29 is 18.0 Å². The van der Waals surface area contributed by atoms with Gasteiger partial charge in [-0.25, -0.2) is 9.97 Å². The SMILES string of the molecule is Cc1ncsc1C(=O)Nc1ncc(Cc2cc(C(F)(F)F)ccc2Cl)s1. The van der Waals surface area contributed by atoms with E-state index in [0.29, 0.717) is 26.1 Å². The van der Waals surface area contributed by atoms with Gasteiger partial charge in [-0.05, 0) is 30.7 Å². The Labute approximate surface area is 159 Å². The number of hydrogen-bond acceptors (Lipinski definition) is 5. The lowest BCUT2D eigenvalue weighted by Crippen LogP contribution is -2.11. The summed E-state index contributed by atoms with van der Waals surface area (Å²) < 4.78 is 38.5. The van der Waals surface area contributed by atoms with Crippen LogP contribution in [-0.2, 0) is 12.6 Å². The molecule has 1 aromatic carbocycles. The van der Waals surface area contributed by atoms with Gasteiger partial charge in [-0.1, -0.05) is 11.6 Å². The molecule has 0 unspecified atom stereocenters. The zero-order valence-corrected chi connectivity index (χ0v) is 15.6. The van der Waals surface area contributed by atoms with Crippen LogP contribution in [0.25, 0.3) is 0 Å². The largest absolute Gasteiger partial charge is 0.416 e. The van der Waals surface area contributed by atoms with Gasteiger partial charge in [-0.15, -0.1) is 22.7 Å². The highest BCUT2D eigenvalue weighted by Crippen LogP contribution is 2.33. The number of amides is 1. The summed E-state index contributed by atoms with van der Waals surface area (Å²) in [6, 6.07) is 3.21. The van der Waals surface area contributed by atoms with Gasteiger partial charge >= 0.3 is 6.18 Å². The molecule has 26 heavy (non-hydrogen) atoms. The summed E-state index contributed by atoms with van der Waals surface area (Å²) in [6.45, 7) is 1.73. The molecular formula is C16H11ClF3N3OS2. The van der Waals surface area contributed by atoms with Gasteiger partial charge < -0.3 is 0 Å². The summed E-state index contributed by atoms with van der Waals surface area (Å²) in [4.78, 5) is 21.4. The summed E-state index contributed by atoms with van der Waals surface area (Å²) >= 11 is 8.42. The van der Waals surface area contributed by atoms with E-state index in [0.717, 1.165) is 12.1 Å². The van der Waals surface area contributed by atoms with Crippen molar-refractivity contribution in [3.05, 3.63) is 61.5 Å². The number of alkyl halides is 3. The number of aryl methyl sites for hydroxylation is 1. The van der Waals surface area contributed by atoms with Gasteiger partial charge in [0.25, 0.3) is 5.91 Å². The molecule has 3 rings (SSSR count). The second-order valence-electron chi connectivity index (χ2n) is 5.33. The van der Waals surface area contributed by atoms with Gasteiger partial charge in [-0.3, -0.25) is 10.1 Å². The minimum absolute atomic E-state index is 0.190.